The van der Waals surface area contributed by atoms with Gasteiger partial charge in [0, 0.05) is 42.7 Å². The number of carbonyl (C=O) groups excluding carboxylic acids is 1. The second-order valence-corrected chi connectivity index (χ2v) is 6.47. The van der Waals surface area contributed by atoms with Crippen LogP contribution in [0.2, 0.25) is 0 Å². The molecule has 6 heteroatoms. The van der Waals surface area contributed by atoms with Crippen LogP contribution >= 0.6 is 0 Å². The molecule has 0 spiro atoms. The Hall–Kier alpha value is -1.95. The lowest BCUT2D eigenvalue weighted by Gasteiger charge is -2.27. The summed E-state index contributed by atoms with van der Waals surface area (Å²) >= 11 is 0. The molecule has 1 fully saturated rings. The standard InChI is InChI=1S/C15H21N3O3/c1-15(2,3)12-5-4-11(6-13(12)18(20)21)14(19)17-9-10-7-16-8-10/h4-6,10,16H,7-9H2,1-3H3,(H,17,19). The van der Waals surface area contributed by atoms with Crippen molar-refractivity contribution in [2.75, 3.05) is 19.6 Å². The first-order valence-corrected chi connectivity index (χ1v) is 7.07. The van der Waals surface area contributed by atoms with E-state index in [0.717, 1.165) is 13.1 Å². The number of nitrogens with zero attached hydrogens (tertiary/aromatic N) is 1. The maximum Gasteiger partial charge on any atom is 0.273 e. The van der Waals surface area contributed by atoms with Crippen LogP contribution in [0.5, 0.6) is 0 Å². The van der Waals surface area contributed by atoms with Gasteiger partial charge < -0.3 is 10.6 Å². The van der Waals surface area contributed by atoms with Crippen LogP contribution < -0.4 is 10.6 Å². The van der Waals surface area contributed by atoms with Gasteiger partial charge in [-0.25, -0.2) is 0 Å². The maximum absolute atomic E-state index is 12.1. The summed E-state index contributed by atoms with van der Waals surface area (Å²) in [6.07, 6.45) is 0. The Kier molecular flexibility index (Phi) is 4.27. The van der Waals surface area contributed by atoms with Crippen LogP contribution in [0.1, 0.15) is 36.7 Å². The quantitative estimate of drug-likeness (QED) is 0.655. The molecule has 1 aromatic carbocycles. The summed E-state index contributed by atoms with van der Waals surface area (Å²) in [7, 11) is 0. The third-order valence-corrected chi connectivity index (χ3v) is 3.68. The van der Waals surface area contributed by atoms with Gasteiger partial charge >= 0.3 is 0 Å². The van der Waals surface area contributed by atoms with Crippen molar-refractivity contribution in [2.45, 2.75) is 26.2 Å². The van der Waals surface area contributed by atoms with Gasteiger partial charge in [-0.05, 0) is 11.5 Å². The van der Waals surface area contributed by atoms with E-state index in [4.69, 9.17) is 0 Å². The summed E-state index contributed by atoms with van der Waals surface area (Å²) in [5.74, 6) is 0.197. The fourth-order valence-corrected chi connectivity index (χ4v) is 2.29. The lowest BCUT2D eigenvalue weighted by atomic mass is 9.85. The smallest absolute Gasteiger partial charge is 0.273 e. The second kappa shape index (κ2) is 5.81. The topological polar surface area (TPSA) is 84.3 Å². The van der Waals surface area contributed by atoms with Crippen molar-refractivity contribution in [3.05, 3.63) is 39.4 Å². The van der Waals surface area contributed by atoms with Crippen LogP contribution in [0, 0.1) is 16.0 Å². The molecule has 114 valence electrons. The first-order chi connectivity index (χ1) is 9.79. The van der Waals surface area contributed by atoms with Crippen LogP contribution in [-0.4, -0.2) is 30.5 Å². The minimum Gasteiger partial charge on any atom is -0.352 e. The molecule has 1 aromatic rings. The van der Waals surface area contributed by atoms with Crippen LogP contribution in [0.4, 0.5) is 5.69 Å². The number of benzene rings is 1. The predicted octanol–water partition coefficient (Wildman–Crippen LogP) is 1.84. The van der Waals surface area contributed by atoms with E-state index >= 15 is 0 Å². The van der Waals surface area contributed by atoms with Crippen molar-refractivity contribution in [3.8, 4) is 0 Å². The third-order valence-electron chi connectivity index (χ3n) is 3.68. The van der Waals surface area contributed by atoms with Gasteiger partial charge in [-0.2, -0.15) is 0 Å². The van der Waals surface area contributed by atoms with E-state index in [-0.39, 0.29) is 17.0 Å². The van der Waals surface area contributed by atoms with Crippen LogP contribution in [0.3, 0.4) is 0 Å². The molecule has 0 aromatic heterocycles. The normalized spacial score (nSPS) is 15.4. The highest BCUT2D eigenvalue weighted by Crippen LogP contribution is 2.31. The molecule has 1 heterocycles. The number of nitrogens with one attached hydrogen (secondary N) is 2. The Morgan fingerprint density at radius 2 is 2.10 bits per heavy atom. The molecule has 0 bridgehead atoms. The fraction of sp³-hybridized carbons (Fsp3) is 0.533. The summed E-state index contributed by atoms with van der Waals surface area (Å²) < 4.78 is 0. The highest BCUT2D eigenvalue weighted by Gasteiger charge is 2.26. The average Bonchev–Trinajstić information content (AvgIpc) is 2.34. The summed E-state index contributed by atoms with van der Waals surface area (Å²) in [5, 5.41) is 17.2. The van der Waals surface area contributed by atoms with Crippen LogP contribution in [0.25, 0.3) is 0 Å². The SMILES string of the molecule is CC(C)(C)c1ccc(C(=O)NCC2CNC2)cc1[N+](=O)[O-]. The number of amides is 1. The number of carbonyl (C=O) groups is 1. The number of nitro benzene ring substituents is 1. The number of nitro groups is 1. The van der Waals surface area contributed by atoms with E-state index < -0.39 is 4.92 Å². The molecule has 0 radical (unpaired) electrons. The van der Waals surface area contributed by atoms with E-state index in [1.807, 2.05) is 20.8 Å². The van der Waals surface area contributed by atoms with Crippen LogP contribution in [0.15, 0.2) is 18.2 Å². The molecule has 1 aliphatic heterocycles. The zero-order valence-corrected chi connectivity index (χ0v) is 12.6. The first-order valence-electron chi connectivity index (χ1n) is 7.07. The zero-order valence-electron chi connectivity index (χ0n) is 12.6. The minimum atomic E-state index is -0.423. The Morgan fingerprint density at radius 3 is 2.57 bits per heavy atom. The van der Waals surface area contributed by atoms with E-state index in [2.05, 4.69) is 10.6 Å². The highest BCUT2D eigenvalue weighted by molar-refractivity contribution is 5.95. The lowest BCUT2D eigenvalue weighted by Crippen LogP contribution is -2.48. The summed E-state index contributed by atoms with van der Waals surface area (Å²) in [5.41, 5.74) is 0.629. The maximum atomic E-state index is 12.1. The zero-order chi connectivity index (χ0) is 15.6. The molecule has 1 aliphatic rings. The fourth-order valence-electron chi connectivity index (χ4n) is 2.29. The lowest BCUT2D eigenvalue weighted by molar-refractivity contribution is -0.386. The Bertz CT molecular complexity index is 560. The molecule has 2 N–H and O–H groups in total. The van der Waals surface area contributed by atoms with Crippen molar-refractivity contribution in [2.24, 2.45) is 5.92 Å². The molecular weight excluding hydrogens is 270 g/mol. The van der Waals surface area contributed by atoms with Gasteiger partial charge in [-0.15, -0.1) is 0 Å². The Morgan fingerprint density at radius 1 is 1.43 bits per heavy atom. The Balaban J connectivity index is 2.18. The highest BCUT2D eigenvalue weighted by atomic mass is 16.6. The minimum absolute atomic E-state index is 0.000427. The van der Waals surface area contributed by atoms with E-state index in [0.29, 0.717) is 23.6 Å². The number of hydrogen-bond acceptors (Lipinski definition) is 4. The van der Waals surface area contributed by atoms with Crippen molar-refractivity contribution in [1.82, 2.24) is 10.6 Å². The van der Waals surface area contributed by atoms with Crippen molar-refractivity contribution in [1.29, 1.82) is 0 Å². The molecule has 0 unspecified atom stereocenters. The van der Waals surface area contributed by atoms with Gasteiger partial charge in [0.25, 0.3) is 11.6 Å². The molecule has 0 aliphatic carbocycles. The molecular formula is C15H21N3O3. The molecule has 0 saturated carbocycles. The van der Waals surface area contributed by atoms with E-state index in [9.17, 15) is 14.9 Å². The van der Waals surface area contributed by atoms with Gasteiger partial charge in [-0.1, -0.05) is 26.8 Å². The number of hydrogen-bond donors (Lipinski definition) is 2. The van der Waals surface area contributed by atoms with Gasteiger partial charge in [0.1, 0.15) is 0 Å². The van der Waals surface area contributed by atoms with Gasteiger partial charge in [0.05, 0.1) is 4.92 Å². The summed E-state index contributed by atoms with van der Waals surface area (Å²) in [4.78, 5) is 22.9. The largest absolute Gasteiger partial charge is 0.352 e. The molecule has 21 heavy (non-hydrogen) atoms. The van der Waals surface area contributed by atoms with Crippen molar-refractivity contribution in [3.63, 3.8) is 0 Å². The Labute approximate surface area is 124 Å². The van der Waals surface area contributed by atoms with E-state index in [1.165, 1.54) is 6.07 Å². The second-order valence-electron chi connectivity index (χ2n) is 6.47. The molecule has 1 saturated heterocycles. The predicted molar refractivity (Wildman–Crippen MR) is 80.5 cm³/mol. The van der Waals surface area contributed by atoms with Crippen LogP contribution in [-0.2, 0) is 5.41 Å². The van der Waals surface area contributed by atoms with E-state index in [1.54, 1.807) is 12.1 Å². The first kappa shape index (κ1) is 15.4. The van der Waals surface area contributed by atoms with Crippen molar-refractivity contribution >= 4 is 11.6 Å². The summed E-state index contributed by atoms with van der Waals surface area (Å²) in [6.45, 7) is 8.16. The molecule has 1 amide bonds. The van der Waals surface area contributed by atoms with Gasteiger partial charge in [0.2, 0.25) is 0 Å². The molecule has 0 atom stereocenters. The summed E-state index contributed by atoms with van der Waals surface area (Å²) in [6, 6.07) is 4.70. The van der Waals surface area contributed by atoms with Gasteiger partial charge in [-0.3, -0.25) is 14.9 Å². The molecule has 6 nitrogen and oxygen atoms in total. The molecule has 2 rings (SSSR count). The average molecular weight is 291 g/mol. The number of rotatable bonds is 4. The monoisotopic (exact) mass is 291 g/mol. The van der Waals surface area contributed by atoms with Crippen molar-refractivity contribution < 1.29 is 9.72 Å². The third kappa shape index (κ3) is 3.58. The van der Waals surface area contributed by atoms with Gasteiger partial charge in [0.15, 0.2) is 0 Å².